The number of nitrogen functional groups attached to an aromatic ring is 1. The van der Waals surface area contributed by atoms with Crippen LogP contribution in [0.4, 0.5) is 24.9 Å². The molecule has 0 bridgehead atoms. The van der Waals surface area contributed by atoms with E-state index in [9.17, 15) is 13.2 Å². The first kappa shape index (κ1) is 17.1. The van der Waals surface area contributed by atoms with Gasteiger partial charge in [0.05, 0.1) is 6.54 Å². The van der Waals surface area contributed by atoms with Gasteiger partial charge in [-0.2, -0.15) is 18.2 Å². The molecule has 2 N–H and O–H groups in total. The Morgan fingerprint density at radius 1 is 1.45 bits per heavy atom. The van der Waals surface area contributed by atoms with Crippen molar-refractivity contribution >= 4 is 23.4 Å². The Kier molecular flexibility index (Phi) is 5.33. The van der Waals surface area contributed by atoms with Gasteiger partial charge in [0.1, 0.15) is 11.0 Å². The van der Waals surface area contributed by atoms with Gasteiger partial charge in [0, 0.05) is 25.7 Å². The van der Waals surface area contributed by atoms with Gasteiger partial charge in [0.15, 0.2) is 0 Å². The molecule has 0 unspecified atom stereocenters. The normalized spacial score (nSPS) is 19.2. The van der Waals surface area contributed by atoms with Crippen molar-refractivity contribution < 1.29 is 13.2 Å². The predicted octanol–water partition coefficient (Wildman–Crippen LogP) is 2.42. The summed E-state index contributed by atoms with van der Waals surface area (Å²) in [6, 6.07) is 1.62. The van der Waals surface area contributed by atoms with Crippen LogP contribution in [0, 0.1) is 5.92 Å². The van der Waals surface area contributed by atoms with Crippen LogP contribution in [0.1, 0.15) is 13.3 Å². The zero-order valence-electron chi connectivity index (χ0n) is 12.3. The minimum Gasteiger partial charge on any atom is -0.368 e. The second-order valence-corrected chi connectivity index (χ2v) is 5.84. The van der Waals surface area contributed by atoms with Crippen molar-refractivity contribution in [1.29, 1.82) is 0 Å². The van der Waals surface area contributed by atoms with Crippen LogP contribution in [0.15, 0.2) is 6.07 Å². The molecule has 1 aromatic heterocycles. The van der Waals surface area contributed by atoms with Crippen LogP contribution in [0.3, 0.4) is 0 Å². The number of hydrogen-bond donors (Lipinski definition) is 1. The highest BCUT2D eigenvalue weighted by molar-refractivity contribution is 6.29. The van der Waals surface area contributed by atoms with Crippen molar-refractivity contribution in [2.75, 3.05) is 43.4 Å². The molecule has 1 fully saturated rings. The molecule has 1 atom stereocenters. The number of nitrogens with zero attached hydrogens (tertiary/aromatic N) is 4. The fraction of sp³-hybridized carbons (Fsp3) is 0.692. The Morgan fingerprint density at radius 2 is 2.18 bits per heavy atom. The average molecular weight is 338 g/mol. The summed E-state index contributed by atoms with van der Waals surface area (Å²) in [4.78, 5) is 11.3. The van der Waals surface area contributed by atoms with E-state index in [1.165, 1.54) is 4.90 Å². The van der Waals surface area contributed by atoms with Crippen molar-refractivity contribution in [2.45, 2.75) is 19.5 Å². The van der Waals surface area contributed by atoms with E-state index in [1.54, 1.807) is 13.0 Å². The van der Waals surface area contributed by atoms with E-state index in [2.05, 4.69) is 9.97 Å². The van der Waals surface area contributed by atoms with Gasteiger partial charge in [0.2, 0.25) is 5.95 Å². The maximum Gasteiger partial charge on any atom is 0.401 e. The number of halogens is 4. The number of anilines is 2. The molecule has 5 nitrogen and oxygen atoms in total. The topological polar surface area (TPSA) is 58.3 Å². The van der Waals surface area contributed by atoms with E-state index in [0.29, 0.717) is 25.5 Å². The van der Waals surface area contributed by atoms with Gasteiger partial charge in [-0.25, -0.2) is 4.98 Å². The van der Waals surface area contributed by atoms with Crippen LogP contribution in [-0.4, -0.2) is 53.8 Å². The lowest BCUT2D eigenvalue weighted by molar-refractivity contribution is -0.146. The van der Waals surface area contributed by atoms with Crippen LogP contribution in [0.5, 0.6) is 0 Å². The summed E-state index contributed by atoms with van der Waals surface area (Å²) in [5.74, 6) is 0.884. The van der Waals surface area contributed by atoms with Crippen LogP contribution < -0.4 is 10.6 Å². The summed E-state index contributed by atoms with van der Waals surface area (Å²) >= 11 is 5.85. The molecule has 1 saturated heterocycles. The third-order valence-corrected chi connectivity index (χ3v) is 3.87. The van der Waals surface area contributed by atoms with Crippen LogP contribution in [0.2, 0.25) is 5.15 Å². The van der Waals surface area contributed by atoms with E-state index in [0.717, 1.165) is 13.0 Å². The van der Waals surface area contributed by atoms with Gasteiger partial charge < -0.3 is 10.6 Å². The predicted molar refractivity (Wildman–Crippen MR) is 79.9 cm³/mol. The number of rotatable bonds is 5. The van der Waals surface area contributed by atoms with Crippen molar-refractivity contribution in [3.05, 3.63) is 11.2 Å². The van der Waals surface area contributed by atoms with Crippen LogP contribution in [0.25, 0.3) is 0 Å². The number of alkyl halides is 3. The molecule has 9 heteroatoms. The third-order valence-electron chi connectivity index (χ3n) is 3.68. The molecular formula is C13H19ClF3N5. The second-order valence-electron chi connectivity index (χ2n) is 5.45. The molecule has 1 aliphatic rings. The Morgan fingerprint density at radius 3 is 2.77 bits per heavy atom. The summed E-state index contributed by atoms with van der Waals surface area (Å²) < 4.78 is 37.5. The second kappa shape index (κ2) is 6.87. The molecule has 0 aliphatic carbocycles. The Bertz CT molecular complexity index is 491. The summed E-state index contributed by atoms with van der Waals surface area (Å²) in [5, 5.41) is 0.262. The molecule has 0 aromatic carbocycles. The minimum atomic E-state index is -4.16. The lowest BCUT2D eigenvalue weighted by atomic mass is 10.1. The third kappa shape index (κ3) is 4.88. The zero-order chi connectivity index (χ0) is 16.3. The van der Waals surface area contributed by atoms with E-state index >= 15 is 0 Å². The zero-order valence-corrected chi connectivity index (χ0v) is 13.0. The van der Waals surface area contributed by atoms with E-state index < -0.39 is 12.7 Å². The lowest BCUT2D eigenvalue weighted by Crippen LogP contribution is -2.38. The summed E-state index contributed by atoms with van der Waals surface area (Å²) in [5.41, 5.74) is 5.57. The van der Waals surface area contributed by atoms with E-state index in [4.69, 9.17) is 17.3 Å². The van der Waals surface area contributed by atoms with Gasteiger partial charge in [-0.05, 0) is 18.9 Å². The first-order valence-corrected chi connectivity index (χ1v) is 7.48. The van der Waals surface area contributed by atoms with Crippen molar-refractivity contribution in [3.8, 4) is 0 Å². The number of nitrogens with two attached hydrogens (primary N) is 1. The molecule has 2 rings (SSSR count). The average Bonchev–Trinajstić information content (AvgIpc) is 2.83. The standard InChI is InChI=1S/C13H19ClF3N5/c1-2-21(8-13(15,16)17)6-9-3-4-22(7-9)11-5-10(14)19-12(18)20-11/h5,9H,2-4,6-8H2,1H3,(H2,18,19,20)/t9-/m1/s1. The van der Waals surface area contributed by atoms with Crippen molar-refractivity contribution in [2.24, 2.45) is 5.92 Å². The largest absolute Gasteiger partial charge is 0.401 e. The maximum atomic E-state index is 12.5. The van der Waals surface area contributed by atoms with Crippen molar-refractivity contribution in [3.63, 3.8) is 0 Å². The van der Waals surface area contributed by atoms with Gasteiger partial charge in [0.25, 0.3) is 0 Å². The van der Waals surface area contributed by atoms with E-state index in [-0.39, 0.29) is 17.0 Å². The van der Waals surface area contributed by atoms with E-state index in [1.807, 2.05) is 4.90 Å². The van der Waals surface area contributed by atoms with Crippen molar-refractivity contribution in [1.82, 2.24) is 14.9 Å². The SMILES string of the molecule is CCN(C[C@H]1CCN(c2cc(Cl)nc(N)n2)C1)CC(F)(F)F. The van der Waals surface area contributed by atoms with Gasteiger partial charge in [-0.3, -0.25) is 4.90 Å². The Hall–Kier alpha value is -1.28. The fourth-order valence-electron chi connectivity index (χ4n) is 2.70. The molecule has 124 valence electrons. The van der Waals surface area contributed by atoms with Gasteiger partial charge in [-0.15, -0.1) is 0 Å². The first-order chi connectivity index (χ1) is 10.3. The van der Waals surface area contributed by atoms with Crippen LogP contribution >= 0.6 is 11.6 Å². The fourth-order valence-corrected chi connectivity index (χ4v) is 2.88. The Labute approximate surface area is 132 Å². The molecule has 0 amide bonds. The lowest BCUT2D eigenvalue weighted by Gasteiger charge is -2.25. The molecule has 0 saturated carbocycles. The monoisotopic (exact) mass is 337 g/mol. The highest BCUT2D eigenvalue weighted by Crippen LogP contribution is 2.26. The summed E-state index contributed by atoms with van der Waals surface area (Å²) in [7, 11) is 0. The maximum absolute atomic E-state index is 12.5. The highest BCUT2D eigenvalue weighted by Gasteiger charge is 2.32. The number of aromatic nitrogens is 2. The van der Waals surface area contributed by atoms with Gasteiger partial charge in [-0.1, -0.05) is 18.5 Å². The number of hydrogen-bond acceptors (Lipinski definition) is 5. The molecule has 1 aliphatic heterocycles. The quantitative estimate of drug-likeness (QED) is 0.836. The first-order valence-electron chi connectivity index (χ1n) is 7.11. The summed E-state index contributed by atoms with van der Waals surface area (Å²) in [6.45, 7) is 3.03. The smallest absolute Gasteiger partial charge is 0.368 e. The summed E-state index contributed by atoms with van der Waals surface area (Å²) in [6.07, 6.45) is -3.35. The molecule has 0 spiro atoms. The Balaban J connectivity index is 1.94. The molecular weight excluding hydrogens is 319 g/mol. The highest BCUT2D eigenvalue weighted by atomic mass is 35.5. The molecule has 1 aromatic rings. The molecule has 0 radical (unpaired) electrons. The molecule has 2 heterocycles. The molecule has 22 heavy (non-hydrogen) atoms. The van der Waals surface area contributed by atoms with Crippen LogP contribution in [-0.2, 0) is 0 Å². The minimum absolute atomic E-state index is 0.0956. The van der Waals surface area contributed by atoms with Gasteiger partial charge >= 0.3 is 6.18 Å².